The third-order valence-electron chi connectivity index (χ3n) is 3.61. The van der Waals surface area contributed by atoms with Gasteiger partial charge in [0.05, 0.1) is 6.33 Å². The molecule has 1 saturated heterocycles. The first kappa shape index (κ1) is 13.4. The number of nitrogens with two attached hydrogens (primary N) is 1. The van der Waals surface area contributed by atoms with Gasteiger partial charge in [0.15, 0.2) is 10.8 Å². The Hall–Kier alpha value is -1.08. The molecule has 1 aromatic rings. The monoisotopic (exact) mass is 272 g/mol. The molecule has 18 heavy (non-hydrogen) atoms. The minimum Gasteiger partial charge on any atom is -0.381 e. The molecule has 0 radical (unpaired) electrons. The Bertz CT molecular complexity index is 518. The number of aryl methyl sites for hydroxylation is 1. The minimum absolute atomic E-state index is 0.0225. The zero-order valence-corrected chi connectivity index (χ0v) is 11.8. The van der Waals surface area contributed by atoms with E-state index in [0.29, 0.717) is 0 Å². The molecule has 0 aliphatic carbocycles. The molecule has 2 heterocycles. The van der Waals surface area contributed by atoms with Crippen molar-refractivity contribution in [2.75, 3.05) is 5.73 Å². The molecule has 7 heteroatoms. The average Bonchev–Trinajstić information content (AvgIpc) is 2.82. The summed E-state index contributed by atoms with van der Waals surface area (Å²) in [5, 5.41) is 0.106. The number of aromatic nitrogens is 2. The number of rotatable bonds is 3. The van der Waals surface area contributed by atoms with Crippen LogP contribution in [0.3, 0.4) is 0 Å². The van der Waals surface area contributed by atoms with Crippen LogP contribution in [0.25, 0.3) is 0 Å². The Balaban J connectivity index is 2.49. The van der Waals surface area contributed by atoms with Crippen molar-refractivity contribution in [1.29, 1.82) is 0 Å². The van der Waals surface area contributed by atoms with Gasteiger partial charge in [0.1, 0.15) is 0 Å². The summed E-state index contributed by atoms with van der Waals surface area (Å²) in [5.74, 6) is 0.0754. The van der Waals surface area contributed by atoms with E-state index in [1.165, 1.54) is 10.9 Å². The van der Waals surface area contributed by atoms with Crippen molar-refractivity contribution in [1.82, 2.24) is 13.9 Å². The second-order valence-corrected chi connectivity index (χ2v) is 6.63. The highest BCUT2D eigenvalue weighted by molar-refractivity contribution is 7.89. The lowest BCUT2D eigenvalue weighted by atomic mass is 10.2. The van der Waals surface area contributed by atoms with E-state index in [1.54, 1.807) is 11.4 Å². The van der Waals surface area contributed by atoms with Crippen molar-refractivity contribution in [3.05, 3.63) is 6.33 Å². The third kappa shape index (κ3) is 1.91. The summed E-state index contributed by atoms with van der Waals surface area (Å²) in [6.45, 7) is 3.96. The van der Waals surface area contributed by atoms with Crippen molar-refractivity contribution >= 4 is 15.8 Å². The molecule has 2 rings (SSSR count). The van der Waals surface area contributed by atoms with Gasteiger partial charge in [-0.25, -0.2) is 13.4 Å². The van der Waals surface area contributed by atoms with Crippen LogP contribution in [0.4, 0.5) is 5.82 Å². The molecule has 2 N–H and O–H groups in total. The van der Waals surface area contributed by atoms with Gasteiger partial charge in [-0.3, -0.25) is 0 Å². The minimum atomic E-state index is -3.56. The first-order valence-electron chi connectivity index (χ1n) is 6.20. The van der Waals surface area contributed by atoms with Gasteiger partial charge in [0.25, 0.3) is 10.0 Å². The van der Waals surface area contributed by atoms with Crippen LogP contribution in [0.15, 0.2) is 11.4 Å². The van der Waals surface area contributed by atoms with Crippen LogP contribution < -0.4 is 5.73 Å². The highest BCUT2D eigenvalue weighted by Gasteiger charge is 2.41. The summed E-state index contributed by atoms with van der Waals surface area (Å²) in [6, 6.07) is 0.0912. The first-order chi connectivity index (χ1) is 8.39. The van der Waals surface area contributed by atoms with Gasteiger partial charge in [-0.05, 0) is 26.2 Å². The molecule has 1 aromatic heterocycles. The standard InChI is InChI=1S/C11H20N4O2S/c1-4-9-6-5-8(2)15(9)18(16,17)11-10(12)13-7-14(11)3/h7-9H,4-6,12H2,1-3H3. The number of nitrogens with zero attached hydrogens (tertiary/aromatic N) is 3. The van der Waals surface area contributed by atoms with Crippen LogP contribution in [-0.2, 0) is 17.1 Å². The van der Waals surface area contributed by atoms with E-state index in [4.69, 9.17) is 5.73 Å². The van der Waals surface area contributed by atoms with E-state index < -0.39 is 10.0 Å². The maximum atomic E-state index is 12.7. The molecule has 6 nitrogen and oxygen atoms in total. The van der Waals surface area contributed by atoms with Gasteiger partial charge in [-0.15, -0.1) is 0 Å². The van der Waals surface area contributed by atoms with Gasteiger partial charge in [-0.2, -0.15) is 4.31 Å². The Morgan fingerprint density at radius 3 is 2.67 bits per heavy atom. The topological polar surface area (TPSA) is 81.2 Å². The lowest BCUT2D eigenvalue weighted by Gasteiger charge is -2.27. The maximum absolute atomic E-state index is 12.7. The second kappa shape index (κ2) is 4.55. The van der Waals surface area contributed by atoms with Crippen LogP contribution in [0.5, 0.6) is 0 Å². The molecule has 1 aliphatic rings. The molecule has 0 aromatic carbocycles. The maximum Gasteiger partial charge on any atom is 0.263 e. The quantitative estimate of drug-likeness (QED) is 0.888. The molecular weight excluding hydrogens is 252 g/mol. The normalized spacial score (nSPS) is 25.7. The van der Waals surface area contributed by atoms with Crippen LogP contribution in [0.2, 0.25) is 0 Å². The van der Waals surface area contributed by atoms with Crippen LogP contribution >= 0.6 is 0 Å². The summed E-state index contributed by atoms with van der Waals surface area (Å²) >= 11 is 0. The summed E-state index contributed by atoms with van der Waals surface area (Å²) in [6.07, 6.45) is 4.06. The van der Waals surface area contributed by atoms with E-state index in [0.717, 1.165) is 19.3 Å². The number of nitrogen functional groups attached to an aromatic ring is 1. The molecule has 102 valence electrons. The van der Waals surface area contributed by atoms with Crippen molar-refractivity contribution in [2.24, 2.45) is 7.05 Å². The smallest absolute Gasteiger partial charge is 0.263 e. The average molecular weight is 272 g/mol. The van der Waals surface area contributed by atoms with Crippen LogP contribution in [0.1, 0.15) is 33.1 Å². The fraction of sp³-hybridized carbons (Fsp3) is 0.727. The molecule has 2 atom stereocenters. The molecule has 0 amide bonds. The fourth-order valence-corrected chi connectivity index (χ4v) is 4.87. The molecule has 1 aliphatic heterocycles. The molecule has 0 bridgehead atoms. The Morgan fingerprint density at radius 1 is 1.50 bits per heavy atom. The zero-order valence-electron chi connectivity index (χ0n) is 11.0. The van der Waals surface area contributed by atoms with Gasteiger partial charge < -0.3 is 10.3 Å². The third-order valence-corrected chi connectivity index (χ3v) is 5.81. The Morgan fingerprint density at radius 2 is 2.17 bits per heavy atom. The van der Waals surface area contributed by atoms with E-state index in [-0.39, 0.29) is 22.9 Å². The van der Waals surface area contributed by atoms with Gasteiger partial charge in [0.2, 0.25) is 0 Å². The highest BCUT2D eigenvalue weighted by Crippen LogP contribution is 2.33. The predicted octanol–water partition coefficient (Wildman–Crippen LogP) is 0.954. The summed E-state index contributed by atoms with van der Waals surface area (Å²) in [5.41, 5.74) is 5.69. The molecule has 2 unspecified atom stereocenters. The van der Waals surface area contributed by atoms with Crippen LogP contribution in [-0.4, -0.2) is 34.4 Å². The Labute approximate surface area is 108 Å². The molecule has 1 fully saturated rings. The first-order valence-corrected chi connectivity index (χ1v) is 7.64. The number of anilines is 1. The van der Waals surface area contributed by atoms with Gasteiger partial charge in [-0.1, -0.05) is 6.92 Å². The summed E-state index contributed by atoms with van der Waals surface area (Å²) in [7, 11) is -1.91. The number of imidazole rings is 1. The van der Waals surface area contributed by atoms with Gasteiger partial charge >= 0.3 is 0 Å². The SMILES string of the molecule is CCC1CCC(C)N1S(=O)(=O)c1c(N)ncn1C. The van der Waals surface area contributed by atoms with Crippen molar-refractivity contribution in [3.63, 3.8) is 0 Å². The van der Waals surface area contributed by atoms with Gasteiger partial charge in [0, 0.05) is 19.1 Å². The lowest BCUT2D eigenvalue weighted by Crippen LogP contribution is -2.40. The van der Waals surface area contributed by atoms with E-state index in [9.17, 15) is 8.42 Å². The summed E-state index contributed by atoms with van der Waals surface area (Å²) < 4.78 is 28.5. The fourth-order valence-electron chi connectivity index (χ4n) is 2.72. The number of hydrogen-bond acceptors (Lipinski definition) is 4. The van der Waals surface area contributed by atoms with E-state index in [1.807, 2.05) is 13.8 Å². The van der Waals surface area contributed by atoms with E-state index >= 15 is 0 Å². The highest BCUT2D eigenvalue weighted by atomic mass is 32.2. The molecule has 0 spiro atoms. The second-order valence-electron chi connectivity index (χ2n) is 4.87. The predicted molar refractivity (Wildman–Crippen MR) is 69.4 cm³/mol. The zero-order chi connectivity index (χ0) is 13.5. The Kier molecular flexibility index (Phi) is 3.37. The largest absolute Gasteiger partial charge is 0.381 e. The van der Waals surface area contributed by atoms with Crippen molar-refractivity contribution < 1.29 is 8.42 Å². The van der Waals surface area contributed by atoms with Crippen molar-refractivity contribution in [3.8, 4) is 0 Å². The number of hydrogen-bond donors (Lipinski definition) is 1. The van der Waals surface area contributed by atoms with E-state index in [2.05, 4.69) is 4.98 Å². The van der Waals surface area contributed by atoms with Crippen LogP contribution in [0, 0.1) is 0 Å². The summed E-state index contributed by atoms with van der Waals surface area (Å²) in [4.78, 5) is 3.86. The van der Waals surface area contributed by atoms with Crippen molar-refractivity contribution in [2.45, 2.75) is 50.2 Å². The lowest BCUT2D eigenvalue weighted by molar-refractivity contribution is 0.326. The molecule has 0 saturated carbocycles. The molecular formula is C11H20N4O2S. The number of sulfonamides is 1.